The second-order valence-corrected chi connectivity index (χ2v) is 7.18. The van der Waals surface area contributed by atoms with Crippen LogP contribution in [0.25, 0.3) is 0 Å². The third-order valence-electron chi connectivity index (χ3n) is 5.34. The van der Waals surface area contributed by atoms with E-state index in [-0.39, 0.29) is 17.4 Å². The maximum Gasteiger partial charge on any atom is 0.240 e. The van der Waals surface area contributed by atoms with Gasteiger partial charge in [-0.05, 0) is 26.7 Å². The molecule has 1 N–H and O–H groups in total. The number of hydrogen-bond acceptors (Lipinski definition) is 3. The highest BCUT2D eigenvalue weighted by molar-refractivity contribution is 5.84. The number of hydrogen-bond donors (Lipinski definition) is 1. The highest BCUT2D eigenvalue weighted by atomic mass is 16.5. The van der Waals surface area contributed by atoms with Crippen molar-refractivity contribution >= 4 is 5.91 Å². The molecule has 2 aliphatic heterocycles. The Labute approximate surface area is 115 Å². The molecule has 19 heavy (non-hydrogen) atoms. The Balaban J connectivity index is 1.65. The van der Waals surface area contributed by atoms with Crippen LogP contribution in [0.15, 0.2) is 0 Å². The molecule has 0 aromatic heterocycles. The zero-order chi connectivity index (χ0) is 13.8. The van der Waals surface area contributed by atoms with Gasteiger partial charge in [-0.2, -0.15) is 0 Å². The van der Waals surface area contributed by atoms with Gasteiger partial charge in [0.25, 0.3) is 0 Å². The molecule has 1 amide bonds. The van der Waals surface area contributed by atoms with Gasteiger partial charge in [0.05, 0.1) is 12.1 Å². The molecule has 0 aromatic carbocycles. The van der Waals surface area contributed by atoms with Crippen molar-refractivity contribution in [3.05, 3.63) is 0 Å². The maximum atomic E-state index is 12.4. The van der Waals surface area contributed by atoms with Crippen molar-refractivity contribution in [3.8, 4) is 0 Å². The fourth-order valence-corrected chi connectivity index (χ4v) is 4.25. The summed E-state index contributed by atoms with van der Waals surface area (Å²) in [7, 11) is 0. The molecule has 0 aromatic rings. The fourth-order valence-electron chi connectivity index (χ4n) is 4.25. The Bertz CT molecular complexity index is 380. The minimum atomic E-state index is 0.0215. The predicted octanol–water partition coefficient (Wildman–Crippen LogP) is 1.40. The summed E-state index contributed by atoms with van der Waals surface area (Å²) in [4.78, 5) is 14.3. The van der Waals surface area contributed by atoms with Gasteiger partial charge in [0, 0.05) is 36.6 Å². The van der Waals surface area contributed by atoms with Crippen molar-refractivity contribution in [2.75, 3.05) is 13.2 Å². The van der Waals surface area contributed by atoms with Crippen LogP contribution in [0.2, 0.25) is 0 Å². The van der Waals surface area contributed by atoms with Gasteiger partial charge in [0.1, 0.15) is 0 Å². The number of amides is 1. The zero-order valence-electron chi connectivity index (χ0n) is 12.5. The zero-order valence-corrected chi connectivity index (χ0v) is 12.5. The van der Waals surface area contributed by atoms with Gasteiger partial charge in [-0.15, -0.1) is 0 Å². The molecule has 0 spiro atoms. The van der Waals surface area contributed by atoms with Crippen molar-refractivity contribution in [3.63, 3.8) is 0 Å². The fraction of sp³-hybridized carbons (Fsp3) is 0.933. The van der Waals surface area contributed by atoms with Crippen LogP contribution in [0.3, 0.4) is 0 Å². The third kappa shape index (κ3) is 1.91. The van der Waals surface area contributed by atoms with Crippen LogP contribution >= 0.6 is 0 Å². The van der Waals surface area contributed by atoms with Gasteiger partial charge in [-0.3, -0.25) is 4.79 Å². The molecule has 4 atom stereocenters. The maximum absolute atomic E-state index is 12.4. The Morgan fingerprint density at radius 3 is 2.74 bits per heavy atom. The Hall–Kier alpha value is -0.610. The Morgan fingerprint density at radius 2 is 2.11 bits per heavy atom. The molecule has 0 radical (unpaired) electrons. The van der Waals surface area contributed by atoms with E-state index in [1.807, 2.05) is 4.90 Å². The van der Waals surface area contributed by atoms with Crippen molar-refractivity contribution in [1.29, 1.82) is 0 Å². The highest BCUT2D eigenvalue weighted by Crippen LogP contribution is 2.52. The number of carbonyl (C=O) groups is 1. The quantitative estimate of drug-likeness (QED) is 0.839. The molecule has 0 bridgehead atoms. The van der Waals surface area contributed by atoms with Crippen LogP contribution in [-0.2, 0) is 9.53 Å². The number of fused-ring (bicyclic) bond motifs is 1. The first kappa shape index (κ1) is 13.4. The highest BCUT2D eigenvalue weighted by Gasteiger charge is 2.60. The van der Waals surface area contributed by atoms with Crippen LogP contribution in [0.1, 0.15) is 40.5 Å². The van der Waals surface area contributed by atoms with Crippen molar-refractivity contribution < 1.29 is 9.53 Å². The molecule has 2 heterocycles. The van der Waals surface area contributed by atoms with Crippen LogP contribution in [0, 0.1) is 11.3 Å². The summed E-state index contributed by atoms with van der Waals surface area (Å²) in [5.41, 5.74) is 0.159. The lowest BCUT2D eigenvalue weighted by atomic mass is 9.57. The topological polar surface area (TPSA) is 41.6 Å². The molecule has 1 aliphatic carbocycles. The minimum absolute atomic E-state index is 0.0215. The number of likely N-dealkylation sites (tertiary alicyclic amines) is 1. The predicted molar refractivity (Wildman–Crippen MR) is 73.8 cm³/mol. The average molecular weight is 266 g/mol. The third-order valence-corrected chi connectivity index (χ3v) is 5.34. The van der Waals surface area contributed by atoms with Gasteiger partial charge in [0.2, 0.25) is 5.91 Å². The van der Waals surface area contributed by atoms with E-state index in [9.17, 15) is 4.79 Å². The van der Waals surface area contributed by atoms with E-state index in [0.717, 1.165) is 26.0 Å². The number of ether oxygens (including phenoxy) is 1. The summed E-state index contributed by atoms with van der Waals surface area (Å²) >= 11 is 0. The van der Waals surface area contributed by atoms with Crippen LogP contribution in [0.4, 0.5) is 0 Å². The molecule has 4 heteroatoms. The van der Waals surface area contributed by atoms with Gasteiger partial charge in [-0.1, -0.05) is 13.8 Å². The Morgan fingerprint density at radius 1 is 1.37 bits per heavy atom. The first-order valence-corrected chi connectivity index (χ1v) is 7.61. The molecule has 108 valence electrons. The van der Waals surface area contributed by atoms with Gasteiger partial charge in [-0.25, -0.2) is 0 Å². The molecular formula is C15H26N2O2. The number of carbonyl (C=O) groups excluding carboxylic acids is 1. The Kier molecular flexibility index (Phi) is 3.13. The van der Waals surface area contributed by atoms with E-state index in [1.165, 1.54) is 0 Å². The summed E-state index contributed by atoms with van der Waals surface area (Å²) in [6.07, 6.45) is 2.48. The van der Waals surface area contributed by atoms with Crippen LogP contribution in [0.5, 0.6) is 0 Å². The lowest BCUT2D eigenvalue weighted by Crippen LogP contribution is -2.68. The van der Waals surface area contributed by atoms with E-state index >= 15 is 0 Å². The summed E-state index contributed by atoms with van der Waals surface area (Å²) in [6, 6.07) is 0.769. The monoisotopic (exact) mass is 266 g/mol. The van der Waals surface area contributed by atoms with Crippen LogP contribution < -0.4 is 5.32 Å². The van der Waals surface area contributed by atoms with Gasteiger partial charge in [0.15, 0.2) is 0 Å². The first-order valence-electron chi connectivity index (χ1n) is 7.61. The van der Waals surface area contributed by atoms with Gasteiger partial charge < -0.3 is 15.0 Å². The van der Waals surface area contributed by atoms with Crippen molar-refractivity contribution in [1.82, 2.24) is 10.2 Å². The van der Waals surface area contributed by atoms with E-state index in [2.05, 4.69) is 33.0 Å². The molecule has 0 unspecified atom stereocenters. The van der Waals surface area contributed by atoms with Gasteiger partial charge >= 0.3 is 0 Å². The summed E-state index contributed by atoms with van der Waals surface area (Å²) in [6.45, 7) is 10.5. The summed E-state index contributed by atoms with van der Waals surface area (Å²) in [5, 5.41) is 3.64. The average Bonchev–Trinajstić information content (AvgIpc) is 2.91. The molecule has 4 nitrogen and oxygen atoms in total. The number of rotatable bonds is 3. The van der Waals surface area contributed by atoms with E-state index < -0.39 is 0 Å². The molecule has 2 saturated heterocycles. The molecule has 1 saturated carbocycles. The molecule has 3 aliphatic rings. The smallest absolute Gasteiger partial charge is 0.240 e. The lowest BCUT2D eigenvalue weighted by molar-refractivity contribution is -0.136. The second-order valence-electron chi connectivity index (χ2n) is 7.18. The van der Waals surface area contributed by atoms with Crippen molar-refractivity contribution in [2.24, 2.45) is 11.3 Å². The first-order chi connectivity index (χ1) is 8.93. The summed E-state index contributed by atoms with van der Waals surface area (Å²) < 4.78 is 5.81. The standard InChI is InChI=1S/C15H26N2O2/c1-9(2)17-7-5-11(14(17)18)16-12-10-6-8-19-13(10)15(12,3)4/h9-13,16H,5-8H2,1-4H3/t10-,11-,12+,13-/m0/s1. The number of nitrogens with zero attached hydrogens (tertiary/aromatic N) is 1. The van der Waals surface area contributed by atoms with E-state index in [4.69, 9.17) is 4.74 Å². The lowest BCUT2D eigenvalue weighted by Gasteiger charge is -2.55. The number of nitrogens with one attached hydrogen (secondary N) is 1. The molecule has 3 fully saturated rings. The minimum Gasteiger partial charge on any atom is -0.377 e. The molecule has 3 rings (SSSR count). The normalized spacial score (nSPS) is 40.7. The van der Waals surface area contributed by atoms with E-state index in [1.54, 1.807) is 0 Å². The van der Waals surface area contributed by atoms with Crippen molar-refractivity contribution in [2.45, 2.75) is 64.8 Å². The largest absolute Gasteiger partial charge is 0.377 e. The SMILES string of the molecule is CC(C)N1CC[C@H](N[C@@H]2[C@@H]3CCO[C@@H]3C2(C)C)C1=O. The van der Waals surface area contributed by atoms with Crippen LogP contribution in [-0.4, -0.2) is 48.2 Å². The second kappa shape index (κ2) is 4.45. The van der Waals surface area contributed by atoms with E-state index in [0.29, 0.717) is 24.1 Å². The summed E-state index contributed by atoms with van der Waals surface area (Å²) in [5.74, 6) is 0.893. The molecular weight excluding hydrogens is 240 g/mol.